The fourth-order valence-electron chi connectivity index (χ4n) is 1.49. The average Bonchev–Trinajstić information content (AvgIpc) is 2.17. The molecule has 0 saturated heterocycles. The molecule has 0 amide bonds. The van der Waals surface area contributed by atoms with Gasteiger partial charge >= 0.3 is 0 Å². The Bertz CT molecular complexity index is 554. The van der Waals surface area contributed by atoms with E-state index in [1.165, 1.54) is 6.92 Å². The van der Waals surface area contributed by atoms with Crippen LogP contribution in [0.1, 0.15) is 17.3 Å². The third-order valence-corrected chi connectivity index (χ3v) is 3.09. The van der Waals surface area contributed by atoms with Crippen LogP contribution in [0.25, 0.3) is 10.8 Å². The zero-order valence-corrected chi connectivity index (χ0v) is 10.3. The molecule has 0 aliphatic rings. The Balaban J connectivity index is 2.90. The molecule has 0 radical (unpaired) electrons. The first-order valence-electron chi connectivity index (χ1n) is 4.34. The van der Waals surface area contributed by atoms with Gasteiger partial charge in [0.1, 0.15) is 5.15 Å². The van der Waals surface area contributed by atoms with Gasteiger partial charge in [-0.05, 0) is 30.5 Å². The van der Waals surface area contributed by atoms with E-state index in [9.17, 15) is 4.79 Å². The highest BCUT2D eigenvalue weighted by molar-refractivity contribution is 9.10. The van der Waals surface area contributed by atoms with Gasteiger partial charge in [-0.15, -0.1) is 0 Å². The summed E-state index contributed by atoms with van der Waals surface area (Å²) in [6.07, 6.45) is 1.66. The lowest BCUT2D eigenvalue weighted by atomic mass is 10.0. The van der Waals surface area contributed by atoms with E-state index in [-0.39, 0.29) is 5.78 Å². The van der Waals surface area contributed by atoms with Crippen molar-refractivity contribution in [1.82, 2.24) is 4.98 Å². The third-order valence-electron chi connectivity index (χ3n) is 2.19. The number of carbonyl (C=O) groups is 1. The number of halogens is 2. The largest absolute Gasteiger partial charge is 0.294 e. The fourth-order valence-corrected chi connectivity index (χ4v) is 2.09. The topological polar surface area (TPSA) is 30.0 Å². The molecule has 2 nitrogen and oxygen atoms in total. The fraction of sp³-hybridized carbons (Fsp3) is 0.0909. The van der Waals surface area contributed by atoms with Crippen molar-refractivity contribution in [2.75, 3.05) is 0 Å². The first kappa shape index (κ1) is 10.6. The minimum Gasteiger partial charge on any atom is -0.294 e. The Hall–Kier alpha value is -0.930. The monoisotopic (exact) mass is 283 g/mol. The quantitative estimate of drug-likeness (QED) is 0.588. The van der Waals surface area contributed by atoms with Crippen LogP contribution >= 0.6 is 27.5 Å². The van der Waals surface area contributed by atoms with Crippen molar-refractivity contribution in [3.8, 4) is 0 Å². The molecule has 4 heteroatoms. The van der Waals surface area contributed by atoms with Crippen LogP contribution in [0.4, 0.5) is 0 Å². The summed E-state index contributed by atoms with van der Waals surface area (Å²) in [7, 11) is 0. The van der Waals surface area contributed by atoms with Gasteiger partial charge in [0.05, 0.1) is 0 Å². The van der Waals surface area contributed by atoms with Crippen LogP contribution in [0, 0.1) is 0 Å². The van der Waals surface area contributed by atoms with Crippen molar-refractivity contribution in [2.45, 2.75) is 6.92 Å². The number of hydrogen-bond acceptors (Lipinski definition) is 2. The number of hydrogen-bond donors (Lipinski definition) is 0. The normalized spacial score (nSPS) is 10.6. The van der Waals surface area contributed by atoms with E-state index in [1.54, 1.807) is 18.3 Å². The van der Waals surface area contributed by atoms with Gasteiger partial charge in [-0.2, -0.15) is 0 Å². The molecule has 0 atom stereocenters. The second-order valence-electron chi connectivity index (χ2n) is 3.20. The highest BCUT2D eigenvalue weighted by Gasteiger charge is 2.08. The van der Waals surface area contributed by atoms with Crippen LogP contribution in [0.3, 0.4) is 0 Å². The summed E-state index contributed by atoms with van der Waals surface area (Å²) >= 11 is 9.22. The molecule has 1 aromatic heterocycles. The lowest BCUT2D eigenvalue weighted by Gasteiger charge is -2.05. The molecule has 0 saturated carbocycles. The highest BCUT2D eigenvalue weighted by atomic mass is 79.9. The second kappa shape index (κ2) is 3.91. The smallest absolute Gasteiger partial charge is 0.160 e. The van der Waals surface area contributed by atoms with E-state index in [4.69, 9.17) is 11.6 Å². The van der Waals surface area contributed by atoms with Crippen molar-refractivity contribution in [3.05, 3.63) is 39.6 Å². The van der Waals surface area contributed by atoms with Crippen molar-refractivity contribution in [2.24, 2.45) is 0 Å². The minimum absolute atomic E-state index is 0.0229. The second-order valence-corrected chi connectivity index (χ2v) is 4.45. The summed E-state index contributed by atoms with van der Waals surface area (Å²) in [4.78, 5) is 15.4. The molecule has 0 fully saturated rings. The number of nitrogens with zero attached hydrogens (tertiary/aromatic N) is 1. The maximum absolute atomic E-state index is 11.4. The van der Waals surface area contributed by atoms with Gasteiger partial charge in [-0.1, -0.05) is 27.5 Å². The Morgan fingerprint density at radius 3 is 2.80 bits per heavy atom. The highest BCUT2D eigenvalue weighted by Crippen LogP contribution is 2.28. The van der Waals surface area contributed by atoms with Crippen LogP contribution in [0.15, 0.2) is 28.9 Å². The summed E-state index contributed by atoms with van der Waals surface area (Å²) in [6, 6.07) is 5.33. The molecule has 0 spiro atoms. The van der Waals surface area contributed by atoms with Crippen molar-refractivity contribution < 1.29 is 4.79 Å². The van der Waals surface area contributed by atoms with Gasteiger partial charge in [0.2, 0.25) is 0 Å². The van der Waals surface area contributed by atoms with E-state index in [2.05, 4.69) is 20.9 Å². The van der Waals surface area contributed by atoms with Crippen LogP contribution in [0.5, 0.6) is 0 Å². The number of ketones is 1. The molecule has 0 unspecified atom stereocenters. The number of fused-ring (bicyclic) bond motifs is 1. The maximum Gasteiger partial charge on any atom is 0.160 e. The Morgan fingerprint density at radius 2 is 2.13 bits per heavy atom. The summed E-state index contributed by atoms with van der Waals surface area (Å²) in [5.41, 5.74) is 0.664. The van der Waals surface area contributed by atoms with Gasteiger partial charge < -0.3 is 0 Å². The van der Waals surface area contributed by atoms with Crippen LogP contribution in [0.2, 0.25) is 5.15 Å². The Kier molecular flexibility index (Phi) is 2.76. The Labute approximate surface area is 100 Å². The van der Waals surface area contributed by atoms with Crippen molar-refractivity contribution in [3.63, 3.8) is 0 Å². The van der Waals surface area contributed by atoms with Gasteiger partial charge in [0, 0.05) is 21.6 Å². The minimum atomic E-state index is 0.0229. The first-order chi connectivity index (χ1) is 7.09. The van der Waals surface area contributed by atoms with E-state index < -0.39 is 0 Å². The van der Waals surface area contributed by atoms with Crippen LogP contribution < -0.4 is 0 Å². The van der Waals surface area contributed by atoms with E-state index in [0.29, 0.717) is 10.7 Å². The molecule has 0 aliphatic carbocycles. The Morgan fingerprint density at radius 1 is 1.40 bits per heavy atom. The van der Waals surface area contributed by atoms with Gasteiger partial charge in [-0.3, -0.25) is 4.79 Å². The molecule has 76 valence electrons. The predicted molar refractivity (Wildman–Crippen MR) is 64.5 cm³/mol. The van der Waals surface area contributed by atoms with Gasteiger partial charge in [0.15, 0.2) is 5.78 Å². The van der Waals surface area contributed by atoms with Crippen molar-refractivity contribution in [1.29, 1.82) is 0 Å². The van der Waals surface area contributed by atoms with Gasteiger partial charge in [-0.25, -0.2) is 4.98 Å². The molecular formula is C11H7BrClNO. The SMILES string of the molecule is CC(=O)c1ccc(Br)c2cnc(Cl)cc12. The van der Waals surface area contributed by atoms with E-state index in [0.717, 1.165) is 15.2 Å². The molecule has 2 aromatic rings. The summed E-state index contributed by atoms with van der Waals surface area (Å²) in [6.45, 7) is 1.54. The van der Waals surface area contributed by atoms with Crippen molar-refractivity contribution >= 4 is 44.1 Å². The zero-order valence-electron chi connectivity index (χ0n) is 7.92. The predicted octanol–water partition coefficient (Wildman–Crippen LogP) is 3.85. The molecular weight excluding hydrogens is 277 g/mol. The molecule has 1 heterocycles. The summed E-state index contributed by atoms with van der Waals surface area (Å²) in [5, 5.41) is 2.12. The van der Waals surface area contributed by atoms with Crippen LogP contribution in [-0.2, 0) is 0 Å². The molecule has 0 aliphatic heterocycles. The molecule has 1 aromatic carbocycles. The van der Waals surface area contributed by atoms with Crippen LogP contribution in [-0.4, -0.2) is 10.8 Å². The number of Topliss-reactive ketones (excluding diaryl/α,β-unsaturated/α-hetero) is 1. The number of aromatic nitrogens is 1. The number of pyridine rings is 1. The molecule has 0 N–H and O–H groups in total. The summed E-state index contributed by atoms with van der Waals surface area (Å²) < 4.78 is 0.909. The molecule has 15 heavy (non-hydrogen) atoms. The lowest BCUT2D eigenvalue weighted by Crippen LogP contribution is -1.94. The average molecular weight is 285 g/mol. The number of rotatable bonds is 1. The molecule has 2 rings (SSSR count). The van der Waals surface area contributed by atoms with E-state index in [1.807, 2.05) is 6.07 Å². The van der Waals surface area contributed by atoms with E-state index >= 15 is 0 Å². The third kappa shape index (κ3) is 1.90. The number of carbonyl (C=O) groups excluding carboxylic acids is 1. The summed E-state index contributed by atoms with van der Waals surface area (Å²) in [5.74, 6) is 0.0229. The maximum atomic E-state index is 11.4. The molecule has 0 bridgehead atoms. The lowest BCUT2D eigenvalue weighted by molar-refractivity contribution is 0.101. The van der Waals surface area contributed by atoms with Gasteiger partial charge in [0.25, 0.3) is 0 Å². The zero-order chi connectivity index (χ0) is 11.0. The standard InChI is InChI=1S/C11H7BrClNO/c1-6(15)7-2-3-10(12)9-5-14-11(13)4-8(7)9/h2-5H,1H3. The first-order valence-corrected chi connectivity index (χ1v) is 5.51. The number of benzene rings is 1.